The number of hydrogen-bond acceptors (Lipinski definition) is 2. The van der Waals surface area contributed by atoms with Gasteiger partial charge in [0.15, 0.2) is 0 Å². The molecule has 2 atom stereocenters. The Morgan fingerprint density at radius 3 is 3.00 bits per heavy atom. The Balaban J connectivity index is 2.13. The predicted molar refractivity (Wildman–Crippen MR) is 64.7 cm³/mol. The van der Waals surface area contributed by atoms with Crippen LogP contribution in [0.2, 0.25) is 0 Å². The quantitative estimate of drug-likeness (QED) is 0.846. The molecule has 0 radical (unpaired) electrons. The fourth-order valence-corrected chi connectivity index (χ4v) is 2.25. The van der Waals surface area contributed by atoms with E-state index in [1.165, 1.54) is 18.4 Å². The first-order chi connectivity index (χ1) is 7.70. The van der Waals surface area contributed by atoms with Crippen molar-refractivity contribution >= 4 is 0 Å². The lowest BCUT2D eigenvalue weighted by atomic mass is 9.95. The lowest BCUT2D eigenvalue weighted by Gasteiger charge is -2.29. The average molecular weight is 220 g/mol. The van der Waals surface area contributed by atoms with Crippen LogP contribution in [-0.4, -0.2) is 11.2 Å². The zero-order valence-electron chi connectivity index (χ0n) is 10.1. The summed E-state index contributed by atoms with van der Waals surface area (Å²) in [6.07, 6.45) is 3.95. The zero-order chi connectivity index (χ0) is 11.5. The highest BCUT2D eigenvalue weighted by Crippen LogP contribution is 2.36. The molecule has 0 spiro atoms. The lowest BCUT2D eigenvalue weighted by molar-refractivity contribution is 0.0607. The summed E-state index contributed by atoms with van der Waals surface area (Å²) in [5.74, 6) is 0.866. The Bertz CT molecular complexity index is 360. The van der Waals surface area contributed by atoms with Crippen molar-refractivity contribution in [3.63, 3.8) is 0 Å². The monoisotopic (exact) mass is 220 g/mol. The van der Waals surface area contributed by atoms with Crippen molar-refractivity contribution < 1.29 is 9.84 Å². The molecule has 2 rings (SSSR count). The van der Waals surface area contributed by atoms with Gasteiger partial charge >= 0.3 is 0 Å². The number of aliphatic hydroxyl groups excluding tert-OH is 1. The van der Waals surface area contributed by atoms with Gasteiger partial charge in [0.2, 0.25) is 0 Å². The van der Waals surface area contributed by atoms with Crippen molar-refractivity contribution in [2.45, 2.75) is 51.7 Å². The summed E-state index contributed by atoms with van der Waals surface area (Å²) in [6, 6.07) is 6.04. The van der Waals surface area contributed by atoms with Crippen LogP contribution in [0.15, 0.2) is 18.2 Å². The molecule has 1 aliphatic rings. The summed E-state index contributed by atoms with van der Waals surface area (Å²) in [6.45, 7) is 4.22. The minimum atomic E-state index is -0.356. The Morgan fingerprint density at radius 2 is 2.25 bits per heavy atom. The summed E-state index contributed by atoms with van der Waals surface area (Å²) in [7, 11) is 0. The van der Waals surface area contributed by atoms with E-state index in [4.69, 9.17) is 4.74 Å². The number of aryl methyl sites for hydroxylation is 1. The van der Waals surface area contributed by atoms with Crippen molar-refractivity contribution in [1.29, 1.82) is 0 Å². The minimum Gasteiger partial charge on any atom is -0.490 e. The van der Waals surface area contributed by atoms with Crippen molar-refractivity contribution in [1.82, 2.24) is 0 Å². The van der Waals surface area contributed by atoms with Crippen LogP contribution in [0.1, 0.15) is 49.8 Å². The highest BCUT2D eigenvalue weighted by Gasteiger charge is 2.26. The predicted octanol–water partition coefficient (Wildman–Crippen LogP) is 3.37. The second-order valence-electron chi connectivity index (χ2n) is 4.67. The maximum absolute atomic E-state index is 10.1. The molecule has 0 saturated carbocycles. The van der Waals surface area contributed by atoms with Gasteiger partial charge in [-0.25, -0.2) is 0 Å². The fraction of sp³-hybridized carbons (Fsp3) is 0.571. The highest BCUT2D eigenvalue weighted by atomic mass is 16.5. The second kappa shape index (κ2) is 4.88. The minimum absolute atomic E-state index is 0.185. The van der Waals surface area contributed by atoms with Gasteiger partial charge in [-0.3, -0.25) is 0 Å². The van der Waals surface area contributed by atoms with Gasteiger partial charge < -0.3 is 9.84 Å². The van der Waals surface area contributed by atoms with E-state index in [0.29, 0.717) is 0 Å². The number of ether oxygens (including phenoxy) is 1. The highest BCUT2D eigenvalue weighted by molar-refractivity contribution is 5.40. The standard InChI is InChI=1S/C14H20O2/c1-3-4-5-11-9-13(15)12-8-10(2)6-7-14(12)16-11/h6-8,11,13,15H,3-5,9H2,1-2H3/t11?,13-/m1/s1. The first-order valence-electron chi connectivity index (χ1n) is 6.16. The van der Waals surface area contributed by atoms with Crippen LogP contribution in [0, 0.1) is 6.92 Å². The molecule has 88 valence electrons. The molecule has 2 heteroatoms. The topological polar surface area (TPSA) is 29.5 Å². The lowest BCUT2D eigenvalue weighted by Crippen LogP contribution is -2.25. The number of benzene rings is 1. The Kier molecular flexibility index (Phi) is 3.49. The molecule has 1 unspecified atom stereocenters. The fourth-order valence-electron chi connectivity index (χ4n) is 2.25. The van der Waals surface area contributed by atoms with Crippen LogP contribution >= 0.6 is 0 Å². The van der Waals surface area contributed by atoms with E-state index < -0.39 is 0 Å². The molecule has 16 heavy (non-hydrogen) atoms. The molecule has 1 N–H and O–H groups in total. The Hall–Kier alpha value is -1.02. The average Bonchev–Trinajstić information content (AvgIpc) is 2.27. The molecule has 0 fully saturated rings. The molecule has 0 aliphatic carbocycles. The SMILES string of the molecule is CCCCC1C[C@@H](O)c2cc(C)ccc2O1. The first kappa shape index (κ1) is 11.5. The molecule has 0 bridgehead atoms. The van der Waals surface area contributed by atoms with E-state index in [2.05, 4.69) is 6.92 Å². The molecule has 1 aliphatic heterocycles. The number of unbranched alkanes of at least 4 members (excludes halogenated alkanes) is 1. The van der Waals surface area contributed by atoms with E-state index in [1.54, 1.807) is 0 Å². The van der Waals surface area contributed by atoms with Crippen LogP contribution in [0.25, 0.3) is 0 Å². The maximum atomic E-state index is 10.1. The van der Waals surface area contributed by atoms with Gasteiger partial charge in [-0.2, -0.15) is 0 Å². The van der Waals surface area contributed by atoms with Gasteiger partial charge in [0.05, 0.1) is 6.10 Å². The van der Waals surface area contributed by atoms with Crippen molar-refractivity contribution in [3.05, 3.63) is 29.3 Å². The molecule has 0 amide bonds. The largest absolute Gasteiger partial charge is 0.490 e. The molecular formula is C14H20O2. The van der Waals surface area contributed by atoms with Crippen LogP contribution in [0.3, 0.4) is 0 Å². The zero-order valence-corrected chi connectivity index (χ0v) is 10.1. The number of aliphatic hydroxyl groups is 1. The van der Waals surface area contributed by atoms with Gasteiger partial charge in [-0.05, 0) is 25.5 Å². The van der Waals surface area contributed by atoms with E-state index in [1.807, 2.05) is 25.1 Å². The first-order valence-corrected chi connectivity index (χ1v) is 6.16. The Labute approximate surface area is 97.3 Å². The van der Waals surface area contributed by atoms with Crippen LogP contribution < -0.4 is 4.74 Å². The molecular weight excluding hydrogens is 200 g/mol. The van der Waals surface area contributed by atoms with Crippen LogP contribution in [0.4, 0.5) is 0 Å². The third-order valence-electron chi connectivity index (χ3n) is 3.18. The van der Waals surface area contributed by atoms with Gasteiger partial charge in [0.1, 0.15) is 11.9 Å². The van der Waals surface area contributed by atoms with Crippen molar-refractivity contribution in [3.8, 4) is 5.75 Å². The molecule has 1 heterocycles. The third kappa shape index (κ3) is 2.38. The molecule has 2 nitrogen and oxygen atoms in total. The molecule has 0 saturated heterocycles. The normalized spacial score (nSPS) is 23.7. The van der Waals surface area contributed by atoms with Crippen LogP contribution in [0.5, 0.6) is 5.75 Å². The number of hydrogen-bond donors (Lipinski definition) is 1. The molecule has 1 aromatic carbocycles. The van der Waals surface area contributed by atoms with E-state index in [-0.39, 0.29) is 12.2 Å². The summed E-state index contributed by atoms with van der Waals surface area (Å²) >= 11 is 0. The van der Waals surface area contributed by atoms with Crippen LogP contribution in [-0.2, 0) is 0 Å². The second-order valence-corrected chi connectivity index (χ2v) is 4.67. The molecule has 1 aromatic rings. The summed E-state index contributed by atoms with van der Waals surface area (Å²) in [5, 5.41) is 10.1. The van der Waals surface area contributed by atoms with Gasteiger partial charge in [0, 0.05) is 12.0 Å². The third-order valence-corrected chi connectivity index (χ3v) is 3.18. The maximum Gasteiger partial charge on any atom is 0.125 e. The van der Waals surface area contributed by atoms with Crippen molar-refractivity contribution in [2.75, 3.05) is 0 Å². The van der Waals surface area contributed by atoms with Gasteiger partial charge in [-0.15, -0.1) is 0 Å². The van der Waals surface area contributed by atoms with E-state index in [9.17, 15) is 5.11 Å². The van der Waals surface area contributed by atoms with E-state index in [0.717, 1.165) is 24.2 Å². The Morgan fingerprint density at radius 1 is 1.44 bits per heavy atom. The smallest absolute Gasteiger partial charge is 0.125 e. The van der Waals surface area contributed by atoms with E-state index >= 15 is 0 Å². The molecule has 0 aromatic heterocycles. The number of fused-ring (bicyclic) bond motifs is 1. The van der Waals surface area contributed by atoms with Gasteiger partial charge in [0.25, 0.3) is 0 Å². The summed E-state index contributed by atoms with van der Waals surface area (Å²) < 4.78 is 5.90. The summed E-state index contributed by atoms with van der Waals surface area (Å²) in [5.41, 5.74) is 2.13. The van der Waals surface area contributed by atoms with Gasteiger partial charge in [-0.1, -0.05) is 31.4 Å². The number of rotatable bonds is 3. The van der Waals surface area contributed by atoms with Crippen molar-refractivity contribution in [2.24, 2.45) is 0 Å². The summed E-state index contributed by atoms with van der Waals surface area (Å²) in [4.78, 5) is 0.